The van der Waals surface area contributed by atoms with Gasteiger partial charge in [-0.3, -0.25) is 4.79 Å². The zero-order valence-electron chi connectivity index (χ0n) is 16.4. The Morgan fingerprint density at radius 3 is 2.69 bits per heavy atom. The number of benzene rings is 2. The number of rotatable bonds is 5. The minimum Gasteiger partial charge on any atom is -0.352 e. The molecule has 5 nitrogen and oxygen atoms in total. The Hall–Kier alpha value is -1.96. The van der Waals surface area contributed by atoms with E-state index in [0.717, 1.165) is 23.3 Å². The Labute approximate surface area is 175 Å². The largest absolute Gasteiger partial charge is 0.352 e. The number of carbonyl (C=O) groups excluding carboxylic acids is 1. The maximum Gasteiger partial charge on any atom is 0.243 e. The molecule has 0 spiro atoms. The molecule has 0 aliphatic carbocycles. The highest BCUT2D eigenvalue weighted by molar-refractivity contribution is 7.89. The van der Waals surface area contributed by atoms with E-state index in [9.17, 15) is 17.6 Å². The minimum atomic E-state index is -3.88. The lowest BCUT2D eigenvalue weighted by Crippen LogP contribution is -2.51. The third-order valence-corrected chi connectivity index (χ3v) is 7.57. The number of aryl methyl sites for hydroxylation is 1. The van der Waals surface area contributed by atoms with Crippen molar-refractivity contribution in [3.05, 3.63) is 64.4 Å². The zero-order chi connectivity index (χ0) is 21.2. The summed E-state index contributed by atoms with van der Waals surface area (Å²) in [5.41, 5.74) is 1.25. The molecule has 0 aromatic heterocycles. The van der Waals surface area contributed by atoms with E-state index in [1.165, 1.54) is 10.4 Å². The number of piperidine rings is 1. The number of nitrogens with zero attached hydrogens (tertiary/aromatic N) is 1. The van der Waals surface area contributed by atoms with Crippen LogP contribution in [0.15, 0.2) is 47.4 Å². The first-order valence-electron chi connectivity index (χ1n) is 9.41. The molecule has 1 unspecified atom stereocenters. The molecular weight excluding hydrogens is 415 g/mol. The van der Waals surface area contributed by atoms with E-state index in [2.05, 4.69) is 5.32 Å². The van der Waals surface area contributed by atoms with E-state index < -0.39 is 21.3 Å². The zero-order valence-corrected chi connectivity index (χ0v) is 18.0. The van der Waals surface area contributed by atoms with E-state index in [4.69, 9.17) is 11.6 Å². The van der Waals surface area contributed by atoms with Gasteiger partial charge in [-0.15, -0.1) is 0 Å². The van der Waals surface area contributed by atoms with Crippen LogP contribution in [0.1, 0.15) is 30.9 Å². The molecule has 8 heteroatoms. The Bertz CT molecular complexity index is 1030. The summed E-state index contributed by atoms with van der Waals surface area (Å²) in [6, 6.07) is 11.1. The summed E-state index contributed by atoms with van der Waals surface area (Å²) in [6.07, 6.45) is 1.14. The van der Waals surface area contributed by atoms with Crippen molar-refractivity contribution in [1.29, 1.82) is 0 Å². The van der Waals surface area contributed by atoms with Gasteiger partial charge in [-0.25, -0.2) is 12.8 Å². The molecule has 1 atom stereocenters. The molecule has 2 aromatic carbocycles. The number of carbonyl (C=O) groups is 1. The van der Waals surface area contributed by atoms with Gasteiger partial charge >= 0.3 is 0 Å². The molecule has 0 saturated carbocycles. The van der Waals surface area contributed by atoms with Crippen LogP contribution in [0.5, 0.6) is 0 Å². The third kappa shape index (κ3) is 4.63. The molecule has 1 heterocycles. The van der Waals surface area contributed by atoms with Crippen LogP contribution >= 0.6 is 11.6 Å². The lowest BCUT2D eigenvalue weighted by atomic mass is 9.82. The van der Waals surface area contributed by atoms with Crippen molar-refractivity contribution in [2.75, 3.05) is 13.1 Å². The van der Waals surface area contributed by atoms with Gasteiger partial charge in [-0.2, -0.15) is 4.31 Å². The number of hydrogen-bond acceptors (Lipinski definition) is 3. The van der Waals surface area contributed by atoms with Gasteiger partial charge in [-0.05, 0) is 56.0 Å². The molecule has 1 N–H and O–H groups in total. The summed E-state index contributed by atoms with van der Waals surface area (Å²) in [5, 5.41) is 2.70. The first kappa shape index (κ1) is 21.7. The maximum atomic E-state index is 13.4. The van der Waals surface area contributed by atoms with Gasteiger partial charge in [0.2, 0.25) is 15.9 Å². The smallest absolute Gasteiger partial charge is 0.243 e. The van der Waals surface area contributed by atoms with Crippen LogP contribution in [0, 0.1) is 18.2 Å². The Kier molecular flexibility index (Phi) is 6.31. The van der Waals surface area contributed by atoms with Crippen LogP contribution in [-0.4, -0.2) is 31.7 Å². The summed E-state index contributed by atoms with van der Waals surface area (Å²) >= 11 is 5.76. The molecule has 1 aliphatic heterocycles. The summed E-state index contributed by atoms with van der Waals surface area (Å²) in [4.78, 5) is 12.8. The maximum absolute atomic E-state index is 13.4. The Balaban J connectivity index is 1.75. The molecular formula is C21H24ClFN2O3S. The van der Waals surface area contributed by atoms with E-state index in [-0.39, 0.29) is 22.4 Å². The second-order valence-electron chi connectivity index (χ2n) is 7.69. The fourth-order valence-electron chi connectivity index (χ4n) is 3.57. The fourth-order valence-corrected chi connectivity index (χ4v) is 5.44. The van der Waals surface area contributed by atoms with E-state index in [0.29, 0.717) is 25.9 Å². The van der Waals surface area contributed by atoms with E-state index in [1.54, 1.807) is 6.92 Å². The molecule has 29 heavy (non-hydrogen) atoms. The van der Waals surface area contributed by atoms with Crippen LogP contribution in [0.25, 0.3) is 0 Å². The summed E-state index contributed by atoms with van der Waals surface area (Å²) in [7, 11) is -3.88. The van der Waals surface area contributed by atoms with Crippen molar-refractivity contribution in [1.82, 2.24) is 9.62 Å². The van der Waals surface area contributed by atoms with Crippen LogP contribution in [0.2, 0.25) is 5.02 Å². The molecule has 156 valence electrons. The average molecular weight is 439 g/mol. The molecule has 0 bridgehead atoms. The van der Waals surface area contributed by atoms with Crippen molar-refractivity contribution in [2.45, 2.75) is 38.1 Å². The normalized spacial score (nSPS) is 20.4. The summed E-state index contributed by atoms with van der Waals surface area (Å²) < 4.78 is 40.7. The monoisotopic (exact) mass is 438 g/mol. The van der Waals surface area contributed by atoms with Gasteiger partial charge < -0.3 is 5.32 Å². The van der Waals surface area contributed by atoms with Crippen molar-refractivity contribution in [2.24, 2.45) is 5.41 Å². The van der Waals surface area contributed by atoms with Gasteiger partial charge in [0.15, 0.2) is 0 Å². The number of hydrogen-bond donors (Lipinski definition) is 1. The van der Waals surface area contributed by atoms with Crippen LogP contribution < -0.4 is 5.32 Å². The highest BCUT2D eigenvalue weighted by Crippen LogP contribution is 2.33. The molecule has 2 aromatic rings. The molecule has 1 saturated heterocycles. The highest BCUT2D eigenvalue weighted by Gasteiger charge is 2.41. The van der Waals surface area contributed by atoms with Gasteiger partial charge in [0.1, 0.15) is 5.82 Å². The highest BCUT2D eigenvalue weighted by atomic mass is 35.5. The number of sulfonamides is 1. The fraction of sp³-hybridized carbons (Fsp3) is 0.381. The quantitative estimate of drug-likeness (QED) is 0.770. The predicted octanol–water partition coefficient (Wildman–Crippen LogP) is 3.89. The Morgan fingerprint density at radius 2 is 2.00 bits per heavy atom. The van der Waals surface area contributed by atoms with Crippen LogP contribution in [0.3, 0.4) is 0 Å². The van der Waals surface area contributed by atoms with E-state index >= 15 is 0 Å². The first-order valence-corrected chi connectivity index (χ1v) is 11.2. The SMILES string of the molecule is Cc1ccccc1CNC(=O)C1(C)CCCN(S(=O)(=O)c2ccc(F)c(Cl)c2)C1. The van der Waals surface area contributed by atoms with Crippen molar-refractivity contribution < 1.29 is 17.6 Å². The van der Waals surface area contributed by atoms with Gasteiger partial charge in [0.05, 0.1) is 15.3 Å². The first-order chi connectivity index (χ1) is 13.6. The Morgan fingerprint density at radius 1 is 1.28 bits per heavy atom. The second-order valence-corrected chi connectivity index (χ2v) is 10.0. The summed E-state index contributed by atoms with van der Waals surface area (Å²) in [6.45, 7) is 4.51. The number of halogens is 2. The average Bonchev–Trinajstić information content (AvgIpc) is 2.69. The lowest BCUT2D eigenvalue weighted by Gasteiger charge is -2.38. The van der Waals surface area contributed by atoms with Crippen LogP contribution in [0.4, 0.5) is 4.39 Å². The number of nitrogens with one attached hydrogen (secondary N) is 1. The molecule has 0 radical (unpaired) electrons. The van der Waals surface area contributed by atoms with Gasteiger partial charge in [0.25, 0.3) is 0 Å². The third-order valence-electron chi connectivity index (χ3n) is 5.44. The predicted molar refractivity (Wildman–Crippen MR) is 111 cm³/mol. The topological polar surface area (TPSA) is 66.5 Å². The van der Waals surface area contributed by atoms with E-state index in [1.807, 2.05) is 31.2 Å². The second kappa shape index (κ2) is 8.42. The molecule has 1 fully saturated rings. The van der Waals surface area contributed by atoms with Crippen molar-refractivity contribution in [3.63, 3.8) is 0 Å². The summed E-state index contributed by atoms with van der Waals surface area (Å²) in [5.74, 6) is -0.859. The molecule has 1 amide bonds. The van der Waals surface area contributed by atoms with Gasteiger partial charge in [-0.1, -0.05) is 35.9 Å². The van der Waals surface area contributed by atoms with Crippen molar-refractivity contribution >= 4 is 27.5 Å². The number of amides is 1. The van der Waals surface area contributed by atoms with Gasteiger partial charge in [0, 0.05) is 19.6 Å². The minimum absolute atomic E-state index is 0.0595. The molecule has 1 aliphatic rings. The standard InChI is InChI=1S/C21H24ClFN2O3S/c1-15-6-3-4-7-16(15)13-24-20(26)21(2)10-5-11-25(14-21)29(27,28)17-8-9-19(23)18(22)12-17/h3-4,6-9,12H,5,10-11,13-14H2,1-2H3,(H,24,26). The molecule has 3 rings (SSSR count). The van der Waals surface area contributed by atoms with Crippen LogP contribution in [-0.2, 0) is 21.4 Å². The van der Waals surface area contributed by atoms with Crippen molar-refractivity contribution in [3.8, 4) is 0 Å². The lowest BCUT2D eigenvalue weighted by molar-refractivity contribution is -0.132.